The van der Waals surface area contributed by atoms with Crippen LogP contribution in [-0.4, -0.2) is 30.6 Å². The normalized spacial score (nSPS) is 17.7. The summed E-state index contributed by atoms with van der Waals surface area (Å²) < 4.78 is 70.9. The highest BCUT2D eigenvalue weighted by Crippen LogP contribution is 2.21. The lowest BCUT2D eigenvalue weighted by Gasteiger charge is -2.11. The molecule has 23 heavy (non-hydrogen) atoms. The summed E-state index contributed by atoms with van der Waals surface area (Å²) in [6.07, 6.45) is 2.30. The first-order valence-corrected chi connectivity index (χ1v) is 7.02. The minimum atomic E-state index is -2.22. The number of benzene rings is 1. The summed E-state index contributed by atoms with van der Waals surface area (Å²) in [4.78, 5) is 0. The van der Waals surface area contributed by atoms with Crippen molar-refractivity contribution in [2.45, 2.75) is 18.9 Å². The molecule has 2 rings (SSSR count). The van der Waals surface area contributed by atoms with Gasteiger partial charge in [-0.1, -0.05) is 0 Å². The van der Waals surface area contributed by atoms with Crippen LogP contribution < -0.4 is 10.7 Å². The van der Waals surface area contributed by atoms with Crippen LogP contribution in [0, 0.1) is 29.1 Å². The SMILES string of the molecule is Fc1c(F)c(F)c(/C=N\NC(=S)NC[C@@H]2CCCO2)c(F)c1F. The maximum atomic E-state index is 13.4. The molecule has 1 fully saturated rings. The molecule has 0 aliphatic carbocycles. The Hall–Kier alpha value is -1.81. The van der Waals surface area contributed by atoms with Crippen molar-refractivity contribution in [3.8, 4) is 0 Å². The number of rotatable bonds is 4. The van der Waals surface area contributed by atoms with Gasteiger partial charge in [-0.25, -0.2) is 22.0 Å². The molecule has 0 saturated carbocycles. The van der Waals surface area contributed by atoms with E-state index in [1.54, 1.807) is 0 Å². The van der Waals surface area contributed by atoms with E-state index in [0.717, 1.165) is 12.8 Å². The van der Waals surface area contributed by atoms with Crippen molar-refractivity contribution >= 4 is 23.5 Å². The summed E-state index contributed by atoms with van der Waals surface area (Å²) in [6, 6.07) is 0. The Balaban J connectivity index is 1.96. The summed E-state index contributed by atoms with van der Waals surface area (Å²) >= 11 is 4.85. The van der Waals surface area contributed by atoms with Gasteiger partial charge >= 0.3 is 0 Å². The summed E-state index contributed by atoms with van der Waals surface area (Å²) in [5.41, 5.74) is 1.07. The molecule has 126 valence electrons. The van der Waals surface area contributed by atoms with Crippen molar-refractivity contribution in [1.29, 1.82) is 0 Å². The lowest BCUT2D eigenvalue weighted by molar-refractivity contribution is 0.114. The molecular weight excluding hydrogens is 341 g/mol. The zero-order chi connectivity index (χ0) is 17.0. The Morgan fingerprint density at radius 3 is 2.30 bits per heavy atom. The van der Waals surface area contributed by atoms with Crippen molar-refractivity contribution in [1.82, 2.24) is 10.7 Å². The maximum absolute atomic E-state index is 13.4. The van der Waals surface area contributed by atoms with Crippen molar-refractivity contribution < 1.29 is 26.7 Å². The second-order valence-electron chi connectivity index (χ2n) is 4.70. The van der Waals surface area contributed by atoms with E-state index in [1.807, 2.05) is 0 Å². The Labute approximate surface area is 133 Å². The zero-order valence-corrected chi connectivity index (χ0v) is 12.5. The van der Waals surface area contributed by atoms with Crippen LogP contribution in [0.4, 0.5) is 22.0 Å². The fourth-order valence-electron chi connectivity index (χ4n) is 1.94. The summed E-state index contributed by atoms with van der Waals surface area (Å²) in [6.45, 7) is 1.09. The van der Waals surface area contributed by atoms with E-state index in [-0.39, 0.29) is 11.2 Å². The molecule has 1 aliphatic heterocycles. The highest BCUT2D eigenvalue weighted by molar-refractivity contribution is 7.80. The number of hydrazone groups is 1. The Kier molecular flexibility index (Phi) is 5.83. The van der Waals surface area contributed by atoms with Gasteiger partial charge in [-0.2, -0.15) is 5.10 Å². The number of hydrogen-bond donors (Lipinski definition) is 2. The smallest absolute Gasteiger partial charge is 0.200 e. The van der Waals surface area contributed by atoms with Gasteiger partial charge in [0.25, 0.3) is 0 Å². The molecule has 0 spiro atoms. The molecule has 0 aromatic heterocycles. The van der Waals surface area contributed by atoms with E-state index >= 15 is 0 Å². The first kappa shape index (κ1) is 17.5. The van der Waals surface area contributed by atoms with E-state index in [2.05, 4.69) is 15.8 Å². The van der Waals surface area contributed by atoms with Gasteiger partial charge in [0.1, 0.15) is 0 Å². The lowest BCUT2D eigenvalue weighted by atomic mass is 10.2. The molecule has 0 amide bonds. The third-order valence-electron chi connectivity index (χ3n) is 3.12. The number of halogens is 5. The van der Waals surface area contributed by atoms with Crippen LogP contribution in [0.2, 0.25) is 0 Å². The Bertz CT molecular complexity index is 606. The van der Waals surface area contributed by atoms with Crippen LogP contribution in [0.1, 0.15) is 18.4 Å². The van der Waals surface area contributed by atoms with E-state index < -0.39 is 34.6 Å². The van der Waals surface area contributed by atoms with Crippen molar-refractivity contribution in [3.05, 3.63) is 34.6 Å². The molecule has 1 aromatic rings. The molecule has 0 radical (unpaired) electrons. The molecule has 0 bridgehead atoms. The maximum Gasteiger partial charge on any atom is 0.200 e. The van der Waals surface area contributed by atoms with E-state index in [1.165, 1.54) is 0 Å². The quantitative estimate of drug-likeness (QED) is 0.218. The summed E-state index contributed by atoms with van der Waals surface area (Å²) in [5.74, 6) is -10.2. The van der Waals surface area contributed by atoms with Gasteiger partial charge in [0, 0.05) is 13.2 Å². The topological polar surface area (TPSA) is 45.7 Å². The molecule has 2 N–H and O–H groups in total. The third kappa shape index (κ3) is 4.14. The van der Waals surface area contributed by atoms with Gasteiger partial charge in [0.05, 0.1) is 17.9 Å². The number of hydrogen-bond acceptors (Lipinski definition) is 3. The minimum absolute atomic E-state index is 0.00825. The molecule has 1 heterocycles. The monoisotopic (exact) mass is 353 g/mol. The average molecular weight is 353 g/mol. The number of nitrogens with one attached hydrogen (secondary N) is 2. The van der Waals surface area contributed by atoms with Crippen molar-refractivity contribution in [2.24, 2.45) is 5.10 Å². The second kappa shape index (κ2) is 7.64. The van der Waals surface area contributed by atoms with Gasteiger partial charge in [-0.3, -0.25) is 5.43 Å². The molecule has 1 atom stereocenters. The lowest BCUT2D eigenvalue weighted by Crippen LogP contribution is -2.37. The number of thiocarbonyl (C=S) groups is 1. The van der Waals surface area contributed by atoms with E-state index in [4.69, 9.17) is 17.0 Å². The van der Waals surface area contributed by atoms with Crippen molar-refractivity contribution in [3.63, 3.8) is 0 Å². The number of ether oxygens (including phenoxy) is 1. The molecule has 0 unspecified atom stereocenters. The molecule has 10 heteroatoms. The first-order chi connectivity index (χ1) is 10.9. The second-order valence-corrected chi connectivity index (χ2v) is 5.11. The zero-order valence-electron chi connectivity index (χ0n) is 11.6. The molecule has 1 aliphatic rings. The van der Waals surface area contributed by atoms with Gasteiger partial charge < -0.3 is 10.1 Å². The average Bonchev–Trinajstić information content (AvgIpc) is 3.06. The Morgan fingerprint density at radius 2 is 1.74 bits per heavy atom. The van der Waals surface area contributed by atoms with E-state index in [9.17, 15) is 22.0 Å². The summed E-state index contributed by atoms with van der Waals surface area (Å²) in [5, 5.41) is 6.15. The van der Waals surface area contributed by atoms with Crippen LogP contribution in [0.3, 0.4) is 0 Å². The largest absolute Gasteiger partial charge is 0.376 e. The molecular formula is C13H12F5N3OS. The van der Waals surface area contributed by atoms with E-state index in [0.29, 0.717) is 19.4 Å². The Morgan fingerprint density at radius 1 is 1.13 bits per heavy atom. The van der Waals surface area contributed by atoms with Gasteiger partial charge in [0.2, 0.25) is 5.82 Å². The van der Waals surface area contributed by atoms with Gasteiger partial charge in [-0.15, -0.1) is 0 Å². The molecule has 1 aromatic carbocycles. The molecule has 1 saturated heterocycles. The first-order valence-electron chi connectivity index (χ1n) is 6.61. The van der Waals surface area contributed by atoms with Crippen LogP contribution in [0.5, 0.6) is 0 Å². The van der Waals surface area contributed by atoms with Crippen LogP contribution in [0.25, 0.3) is 0 Å². The van der Waals surface area contributed by atoms with Gasteiger partial charge in [-0.05, 0) is 25.1 Å². The summed E-state index contributed by atoms with van der Waals surface area (Å²) in [7, 11) is 0. The predicted molar refractivity (Wildman–Crippen MR) is 76.5 cm³/mol. The highest BCUT2D eigenvalue weighted by Gasteiger charge is 2.24. The highest BCUT2D eigenvalue weighted by atomic mass is 32.1. The van der Waals surface area contributed by atoms with Crippen LogP contribution in [-0.2, 0) is 4.74 Å². The van der Waals surface area contributed by atoms with Gasteiger partial charge in [0.15, 0.2) is 28.4 Å². The third-order valence-corrected chi connectivity index (χ3v) is 3.35. The minimum Gasteiger partial charge on any atom is -0.376 e. The standard InChI is InChI=1S/C13H12F5N3OS/c14-8-7(9(15)11(17)12(18)10(8)16)5-20-21-13(23)19-4-6-2-1-3-22-6/h5-6H,1-4H2,(H2,19,21,23)/b20-5-/t6-/m0/s1. The fourth-order valence-corrected chi connectivity index (χ4v) is 2.08. The number of nitrogens with zero attached hydrogens (tertiary/aromatic N) is 1. The van der Waals surface area contributed by atoms with Crippen LogP contribution >= 0.6 is 12.2 Å². The van der Waals surface area contributed by atoms with Crippen molar-refractivity contribution in [2.75, 3.05) is 13.2 Å². The van der Waals surface area contributed by atoms with Crippen LogP contribution in [0.15, 0.2) is 5.10 Å². The fraction of sp³-hybridized carbons (Fsp3) is 0.385. The molecule has 4 nitrogen and oxygen atoms in total. The predicted octanol–water partition coefficient (Wildman–Crippen LogP) is 2.36.